The molecule has 2 aromatic carbocycles. The Morgan fingerprint density at radius 3 is 1.29 bits per heavy atom. The van der Waals surface area contributed by atoms with Gasteiger partial charge in [-0.3, -0.25) is 0 Å². The number of aliphatic hydroxyl groups excluding tert-OH is 4. The van der Waals surface area contributed by atoms with E-state index in [1.54, 1.807) is 47.5 Å². The Morgan fingerprint density at radius 1 is 0.588 bits per heavy atom. The van der Waals surface area contributed by atoms with Gasteiger partial charge in [-0.2, -0.15) is 0 Å². The van der Waals surface area contributed by atoms with E-state index in [1.165, 1.54) is 26.5 Å². The van der Waals surface area contributed by atoms with E-state index in [-0.39, 0.29) is 22.3 Å². The SMILES string of the molecule is Cc1ncnc2c1ccn2[C@@H]1O[C@H]([C@@H](O)c2cc(C(F)F)c(F)c3c2CCCC3)[C@@](C)(O)[C@H]1O.Cc1ncnc2c1ccn2[C@@H]1O[C@H]([C@H](O)c2cc(C(F)F)c(F)c3c2CCCC3)[C@@](C)(O)[C@H]1O. The van der Waals surface area contributed by atoms with E-state index in [1.807, 2.05) is 0 Å². The second-order valence-corrected chi connectivity index (χ2v) is 18.6. The van der Waals surface area contributed by atoms with Gasteiger partial charge in [0, 0.05) is 23.2 Å². The van der Waals surface area contributed by atoms with Crippen molar-refractivity contribution >= 4 is 22.1 Å². The molecule has 0 bridgehead atoms. The molecule has 2 saturated heterocycles. The Bertz CT molecular complexity index is 2680. The topological polar surface area (TPSA) is 201 Å². The van der Waals surface area contributed by atoms with Crippen molar-refractivity contribution in [2.75, 3.05) is 0 Å². The largest absolute Gasteiger partial charge is 0.386 e. The van der Waals surface area contributed by atoms with Gasteiger partial charge < -0.3 is 49.2 Å². The van der Waals surface area contributed by atoms with Crippen LogP contribution in [0.1, 0.15) is 133 Å². The molecular weight excluding hydrogens is 903 g/mol. The van der Waals surface area contributed by atoms with Gasteiger partial charge in [-0.15, -0.1) is 0 Å². The first-order valence-electron chi connectivity index (χ1n) is 22.5. The lowest BCUT2D eigenvalue weighted by Gasteiger charge is -2.32. The fourth-order valence-corrected chi connectivity index (χ4v) is 10.6. The summed E-state index contributed by atoms with van der Waals surface area (Å²) < 4.78 is 99.0. The van der Waals surface area contributed by atoms with Gasteiger partial charge in [-0.1, -0.05) is 0 Å². The molecule has 0 radical (unpaired) electrons. The Balaban J connectivity index is 0.000000170. The van der Waals surface area contributed by atoms with Crippen molar-refractivity contribution < 1.29 is 66.5 Å². The Morgan fingerprint density at radius 2 is 0.941 bits per heavy atom. The first kappa shape index (κ1) is 48.0. The number of hydrogen-bond donors (Lipinski definition) is 6. The van der Waals surface area contributed by atoms with E-state index in [9.17, 15) is 57.0 Å². The molecule has 14 nitrogen and oxygen atoms in total. The minimum Gasteiger partial charge on any atom is -0.386 e. The summed E-state index contributed by atoms with van der Waals surface area (Å²) in [4.78, 5) is 16.8. The molecule has 4 aliphatic rings. The highest BCUT2D eigenvalue weighted by atomic mass is 19.3. The molecule has 2 aliphatic heterocycles. The van der Waals surface area contributed by atoms with E-state index >= 15 is 0 Å². The molecule has 6 aromatic rings. The van der Waals surface area contributed by atoms with Crippen LogP contribution in [0.25, 0.3) is 22.1 Å². The summed E-state index contributed by atoms with van der Waals surface area (Å²) >= 11 is 0. The number of aromatic nitrogens is 6. The van der Waals surface area contributed by atoms with Crippen LogP contribution in [0.2, 0.25) is 0 Å². The number of hydrogen-bond acceptors (Lipinski definition) is 12. The highest BCUT2D eigenvalue weighted by Crippen LogP contribution is 2.48. The summed E-state index contributed by atoms with van der Waals surface area (Å²) in [5.74, 6) is -1.88. The summed E-state index contributed by atoms with van der Waals surface area (Å²) in [6.45, 7) is 6.26. The summed E-state index contributed by atoms with van der Waals surface area (Å²) in [7, 11) is 0. The fourth-order valence-electron chi connectivity index (χ4n) is 10.6. The minimum absolute atomic E-state index is 0.0973. The van der Waals surface area contributed by atoms with Crippen molar-refractivity contribution in [1.29, 1.82) is 0 Å². The second-order valence-electron chi connectivity index (χ2n) is 18.6. The van der Waals surface area contributed by atoms with Crippen molar-refractivity contribution in [3.05, 3.63) is 117 Å². The predicted octanol–water partition coefficient (Wildman–Crippen LogP) is 6.88. The summed E-state index contributed by atoms with van der Waals surface area (Å²) in [5.41, 5.74) is -1.58. The lowest BCUT2D eigenvalue weighted by molar-refractivity contribution is -0.115. The van der Waals surface area contributed by atoms with Gasteiger partial charge in [0.15, 0.2) is 12.5 Å². The molecule has 20 heteroatoms. The maximum atomic E-state index is 14.8. The highest BCUT2D eigenvalue weighted by Gasteiger charge is 2.58. The minimum atomic E-state index is -3.06. The van der Waals surface area contributed by atoms with Crippen LogP contribution in [-0.4, -0.2) is 95.3 Å². The molecular formula is C48H52F6N6O8. The molecule has 6 N–H and O–H groups in total. The maximum absolute atomic E-state index is 14.8. The zero-order valence-corrected chi connectivity index (χ0v) is 37.5. The zero-order valence-electron chi connectivity index (χ0n) is 37.5. The van der Waals surface area contributed by atoms with Crippen LogP contribution >= 0.6 is 0 Å². The van der Waals surface area contributed by atoms with Gasteiger partial charge in [-0.05, 0) is 137 Å². The third-order valence-corrected chi connectivity index (χ3v) is 14.4. The first-order chi connectivity index (χ1) is 32.2. The second kappa shape index (κ2) is 18.0. The quantitative estimate of drug-likeness (QED) is 0.0866. The van der Waals surface area contributed by atoms with Crippen molar-refractivity contribution in [2.24, 2.45) is 0 Å². The molecule has 0 amide bonds. The van der Waals surface area contributed by atoms with Gasteiger partial charge in [0.2, 0.25) is 0 Å². The molecule has 0 saturated carbocycles. The van der Waals surface area contributed by atoms with Crippen LogP contribution < -0.4 is 0 Å². The number of ether oxygens (including phenoxy) is 2. The third kappa shape index (κ3) is 7.86. The molecule has 2 aliphatic carbocycles. The van der Waals surface area contributed by atoms with E-state index in [0.29, 0.717) is 60.9 Å². The maximum Gasteiger partial charge on any atom is 0.266 e. The van der Waals surface area contributed by atoms with Crippen LogP contribution in [0.3, 0.4) is 0 Å². The molecule has 68 heavy (non-hydrogen) atoms. The monoisotopic (exact) mass is 954 g/mol. The Kier molecular flexibility index (Phi) is 12.7. The number of fused-ring (bicyclic) bond motifs is 4. The molecule has 10 rings (SSSR count). The number of aliphatic hydroxyl groups is 6. The number of rotatable bonds is 8. The Hall–Kier alpha value is -5.06. The molecule has 4 aromatic heterocycles. The number of nitrogens with zero attached hydrogens (tertiary/aromatic N) is 6. The average molecular weight is 955 g/mol. The third-order valence-electron chi connectivity index (χ3n) is 14.4. The van der Waals surface area contributed by atoms with Gasteiger partial charge in [0.1, 0.15) is 83.4 Å². The van der Waals surface area contributed by atoms with Crippen LogP contribution in [0.15, 0.2) is 49.3 Å². The standard InChI is InChI=1S/2C24H26F3N3O4/c2*1-11-12-7-8-30(22(12)29-10-28-11)23-19(32)24(2,33)20(34-23)18(31)15-9-16(21(26)27)17(25)14-6-4-3-5-13(14)15/h2*7-10,18-21,23,31-33H,3-6H2,1-2H3/t18-,19+,20-,23-,24+;18-,19-,20+,23+,24-/m10/s1. The molecule has 10 atom stereocenters. The summed E-state index contributed by atoms with van der Waals surface area (Å²) in [6.07, 6.45) is -6.93. The first-order valence-corrected chi connectivity index (χ1v) is 22.5. The normalized spacial score (nSPS) is 28.0. The van der Waals surface area contributed by atoms with E-state index in [0.717, 1.165) is 47.1 Å². The number of benzene rings is 2. The van der Waals surface area contributed by atoms with Crippen LogP contribution in [0, 0.1) is 25.5 Å². The Labute approximate surface area is 385 Å². The van der Waals surface area contributed by atoms with Crippen molar-refractivity contribution in [3.63, 3.8) is 0 Å². The number of alkyl halides is 4. The van der Waals surface area contributed by atoms with Gasteiger partial charge >= 0.3 is 0 Å². The molecule has 0 spiro atoms. The zero-order chi connectivity index (χ0) is 48.7. The molecule has 2 fully saturated rings. The summed E-state index contributed by atoms with van der Waals surface area (Å²) in [6, 6.07) is 5.44. The van der Waals surface area contributed by atoms with Crippen LogP contribution in [0.4, 0.5) is 26.3 Å². The van der Waals surface area contributed by atoms with E-state index < -0.39 is 95.9 Å². The lowest BCUT2D eigenvalue weighted by Crippen LogP contribution is -2.47. The number of aryl methyl sites for hydroxylation is 2. The molecule has 0 unspecified atom stereocenters. The average Bonchev–Trinajstić information content (AvgIpc) is 4.06. The van der Waals surface area contributed by atoms with Gasteiger partial charge in [0.05, 0.1) is 22.5 Å². The van der Waals surface area contributed by atoms with Crippen LogP contribution in [-0.2, 0) is 35.2 Å². The van der Waals surface area contributed by atoms with E-state index in [2.05, 4.69) is 19.9 Å². The number of halogens is 6. The van der Waals surface area contributed by atoms with Crippen molar-refractivity contribution in [3.8, 4) is 0 Å². The van der Waals surface area contributed by atoms with Crippen molar-refractivity contribution in [2.45, 2.75) is 152 Å². The molecule has 364 valence electrons. The van der Waals surface area contributed by atoms with Gasteiger partial charge in [0.25, 0.3) is 12.9 Å². The lowest BCUT2D eigenvalue weighted by atomic mass is 9.81. The van der Waals surface area contributed by atoms with Crippen LogP contribution in [0.5, 0.6) is 0 Å². The summed E-state index contributed by atoms with van der Waals surface area (Å²) in [5, 5.41) is 68.4. The fraction of sp³-hybridized carbons (Fsp3) is 0.500. The van der Waals surface area contributed by atoms with Gasteiger partial charge in [-0.25, -0.2) is 46.3 Å². The smallest absolute Gasteiger partial charge is 0.266 e. The molecule has 6 heterocycles. The van der Waals surface area contributed by atoms with E-state index in [4.69, 9.17) is 9.47 Å². The predicted molar refractivity (Wildman–Crippen MR) is 232 cm³/mol. The highest BCUT2D eigenvalue weighted by molar-refractivity contribution is 5.79. The van der Waals surface area contributed by atoms with Crippen molar-refractivity contribution in [1.82, 2.24) is 29.1 Å².